The van der Waals surface area contributed by atoms with Crippen molar-refractivity contribution < 1.29 is 24.4 Å². The van der Waals surface area contributed by atoms with E-state index in [0.29, 0.717) is 11.8 Å². The second-order valence-electron chi connectivity index (χ2n) is 7.30. The van der Waals surface area contributed by atoms with Crippen LogP contribution >= 0.6 is 0 Å². The molecule has 1 aliphatic carbocycles. The fourth-order valence-electron chi connectivity index (χ4n) is 4.89. The van der Waals surface area contributed by atoms with Crippen LogP contribution in [0.25, 0.3) is 0 Å². The van der Waals surface area contributed by atoms with Gasteiger partial charge < -0.3 is 14.6 Å². The maximum atomic E-state index is 10.2. The Kier molecular flexibility index (Phi) is 2.81. The van der Waals surface area contributed by atoms with Gasteiger partial charge in [0.15, 0.2) is 18.2 Å². The van der Waals surface area contributed by atoms with E-state index in [-0.39, 0.29) is 11.8 Å². The molecule has 4 aliphatic heterocycles. The maximum absolute atomic E-state index is 10.2. The van der Waals surface area contributed by atoms with E-state index in [1.807, 2.05) is 13.8 Å². The molecular formula is C15H24O5. The predicted octanol–water partition coefficient (Wildman–Crippen LogP) is 2.19. The van der Waals surface area contributed by atoms with Crippen LogP contribution in [0.3, 0.4) is 0 Å². The Morgan fingerprint density at radius 1 is 1.05 bits per heavy atom. The first-order valence-electron chi connectivity index (χ1n) is 7.84. The van der Waals surface area contributed by atoms with Crippen molar-refractivity contribution in [3.05, 3.63) is 0 Å². The maximum Gasteiger partial charge on any atom is 0.201 e. The number of hydrogen-bond donors (Lipinski definition) is 1. The Bertz CT molecular complexity index is 411. The van der Waals surface area contributed by atoms with E-state index in [2.05, 4.69) is 6.92 Å². The highest BCUT2D eigenvalue weighted by Crippen LogP contribution is 2.60. The average Bonchev–Trinajstić information content (AvgIpc) is 2.63. The van der Waals surface area contributed by atoms with Crippen molar-refractivity contribution in [3.8, 4) is 0 Å². The lowest BCUT2D eigenvalue weighted by Gasteiger charge is -2.59. The standard InChI is InChI=1S/C15H24O5/c1-8-4-5-11-9(2)12(16)17-13-15(11)10(8)6-7-14(3,18-13)19-20-15/h8-13,16H,4-7H2,1-3H3/t8-,9-,10-,11+,12-,13-,14+,15-/m1/s1. The molecular weight excluding hydrogens is 260 g/mol. The molecule has 0 amide bonds. The third-order valence-corrected chi connectivity index (χ3v) is 6.12. The molecule has 5 aliphatic rings. The quantitative estimate of drug-likeness (QED) is 0.691. The highest BCUT2D eigenvalue weighted by molar-refractivity contribution is 5.08. The summed E-state index contributed by atoms with van der Waals surface area (Å²) in [5, 5.41) is 10.2. The number of aliphatic hydroxyl groups is 1. The van der Waals surface area contributed by atoms with E-state index in [1.54, 1.807) is 0 Å². The fourth-order valence-corrected chi connectivity index (χ4v) is 4.89. The smallest absolute Gasteiger partial charge is 0.201 e. The third kappa shape index (κ3) is 1.56. The summed E-state index contributed by atoms with van der Waals surface area (Å²) in [7, 11) is 0. The molecule has 0 aromatic rings. The fraction of sp³-hybridized carbons (Fsp3) is 1.00. The molecule has 114 valence electrons. The Morgan fingerprint density at radius 3 is 2.65 bits per heavy atom. The van der Waals surface area contributed by atoms with Crippen LogP contribution in [0.5, 0.6) is 0 Å². The molecule has 1 N–H and O–H groups in total. The number of aliphatic hydroxyl groups excluding tert-OH is 1. The molecule has 1 saturated carbocycles. The van der Waals surface area contributed by atoms with Crippen molar-refractivity contribution in [2.75, 3.05) is 0 Å². The minimum Gasteiger partial charge on any atom is -0.368 e. The summed E-state index contributed by atoms with van der Waals surface area (Å²) in [4.78, 5) is 11.6. The van der Waals surface area contributed by atoms with Crippen LogP contribution in [0.1, 0.15) is 46.5 Å². The summed E-state index contributed by atoms with van der Waals surface area (Å²) in [5.41, 5.74) is -0.549. The molecule has 4 saturated heterocycles. The Hall–Kier alpha value is -0.200. The molecule has 5 nitrogen and oxygen atoms in total. The zero-order chi connectivity index (χ0) is 14.1. The molecule has 2 bridgehead atoms. The van der Waals surface area contributed by atoms with Crippen LogP contribution in [0.4, 0.5) is 0 Å². The molecule has 8 atom stereocenters. The summed E-state index contributed by atoms with van der Waals surface area (Å²) in [6.45, 7) is 6.22. The van der Waals surface area contributed by atoms with Crippen molar-refractivity contribution in [1.29, 1.82) is 0 Å². The van der Waals surface area contributed by atoms with Crippen molar-refractivity contribution in [1.82, 2.24) is 0 Å². The first kappa shape index (κ1) is 13.5. The molecule has 5 fully saturated rings. The van der Waals surface area contributed by atoms with Gasteiger partial charge in [-0.1, -0.05) is 13.8 Å². The second kappa shape index (κ2) is 4.17. The van der Waals surface area contributed by atoms with Crippen LogP contribution in [0.15, 0.2) is 0 Å². The van der Waals surface area contributed by atoms with Gasteiger partial charge in [0.1, 0.15) is 0 Å². The van der Waals surface area contributed by atoms with Crippen LogP contribution in [-0.4, -0.2) is 29.1 Å². The van der Waals surface area contributed by atoms with Gasteiger partial charge in [-0.25, -0.2) is 9.78 Å². The summed E-state index contributed by atoms with van der Waals surface area (Å²) in [5.74, 6) is 0.437. The molecule has 5 heteroatoms. The van der Waals surface area contributed by atoms with Crippen molar-refractivity contribution in [2.45, 2.75) is 70.4 Å². The van der Waals surface area contributed by atoms with E-state index >= 15 is 0 Å². The minimum absolute atomic E-state index is 0.0379. The molecule has 0 aromatic heterocycles. The summed E-state index contributed by atoms with van der Waals surface area (Å²) in [6, 6.07) is 0. The summed E-state index contributed by atoms with van der Waals surface area (Å²) in [6.07, 6.45) is 2.72. The predicted molar refractivity (Wildman–Crippen MR) is 69.0 cm³/mol. The molecule has 0 unspecified atom stereocenters. The second-order valence-corrected chi connectivity index (χ2v) is 7.30. The Balaban J connectivity index is 1.82. The van der Waals surface area contributed by atoms with Gasteiger partial charge in [-0.15, -0.1) is 0 Å². The highest BCUT2D eigenvalue weighted by Gasteiger charge is 2.69. The summed E-state index contributed by atoms with van der Waals surface area (Å²) >= 11 is 0. The van der Waals surface area contributed by atoms with E-state index in [1.165, 1.54) is 6.42 Å². The first-order valence-corrected chi connectivity index (χ1v) is 7.84. The molecule has 5 rings (SSSR count). The largest absolute Gasteiger partial charge is 0.368 e. The lowest BCUT2D eigenvalue weighted by Crippen LogP contribution is -2.70. The number of hydrogen-bond acceptors (Lipinski definition) is 5. The number of fused-ring (bicyclic) bond motifs is 2. The van der Waals surface area contributed by atoms with E-state index < -0.39 is 24.0 Å². The highest BCUT2D eigenvalue weighted by atomic mass is 17.3. The molecule has 0 radical (unpaired) electrons. The van der Waals surface area contributed by atoms with Crippen LogP contribution < -0.4 is 0 Å². The summed E-state index contributed by atoms with van der Waals surface area (Å²) < 4.78 is 11.9. The van der Waals surface area contributed by atoms with Crippen LogP contribution in [0.2, 0.25) is 0 Å². The van der Waals surface area contributed by atoms with E-state index in [0.717, 1.165) is 19.3 Å². The SMILES string of the molecule is C[C@H]1[C@H](O)O[C@@H]2O[C@]3(C)CC[C@@H]4[C@H](C)CC[C@@H]1[C@@]24OO3. The van der Waals surface area contributed by atoms with Crippen LogP contribution in [0, 0.1) is 23.7 Å². The van der Waals surface area contributed by atoms with Gasteiger partial charge in [0.25, 0.3) is 0 Å². The van der Waals surface area contributed by atoms with Gasteiger partial charge >= 0.3 is 0 Å². The first-order chi connectivity index (χ1) is 9.46. The van der Waals surface area contributed by atoms with Crippen molar-refractivity contribution in [2.24, 2.45) is 23.7 Å². The van der Waals surface area contributed by atoms with Gasteiger partial charge in [0.05, 0.1) is 0 Å². The average molecular weight is 284 g/mol. The topological polar surface area (TPSA) is 57.2 Å². The van der Waals surface area contributed by atoms with Crippen molar-refractivity contribution in [3.63, 3.8) is 0 Å². The van der Waals surface area contributed by atoms with Crippen molar-refractivity contribution >= 4 is 0 Å². The lowest BCUT2D eigenvalue weighted by atomic mass is 9.58. The monoisotopic (exact) mass is 284 g/mol. The lowest BCUT2D eigenvalue weighted by molar-refractivity contribution is -0.576. The van der Waals surface area contributed by atoms with Crippen LogP contribution in [-0.2, 0) is 19.2 Å². The molecule has 20 heavy (non-hydrogen) atoms. The van der Waals surface area contributed by atoms with E-state index in [4.69, 9.17) is 19.2 Å². The van der Waals surface area contributed by atoms with Gasteiger partial charge in [-0.3, -0.25) is 0 Å². The van der Waals surface area contributed by atoms with Gasteiger partial charge in [-0.2, -0.15) is 0 Å². The number of ether oxygens (including phenoxy) is 2. The zero-order valence-electron chi connectivity index (χ0n) is 12.4. The normalized spacial score (nSPS) is 61.8. The van der Waals surface area contributed by atoms with Gasteiger partial charge in [0.2, 0.25) is 5.79 Å². The molecule has 1 spiro atoms. The third-order valence-electron chi connectivity index (χ3n) is 6.12. The number of rotatable bonds is 0. The Morgan fingerprint density at radius 2 is 1.85 bits per heavy atom. The minimum atomic E-state index is -0.781. The Labute approximate surface area is 119 Å². The van der Waals surface area contributed by atoms with E-state index in [9.17, 15) is 5.11 Å². The van der Waals surface area contributed by atoms with Gasteiger partial charge in [-0.05, 0) is 38.0 Å². The zero-order valence-corrected chi connectivity index (χ0v) is 12.4. The molecule has 4 heterocycles. The van der Waals surface area contributed by atoms with Gasteiger partial charge in [0, 0.05) is 18.3 Å². The molecule has 0 aromatic carbocycles.